The quantitative estimate of drug-likeness (QED) is 0.861. The van der Waals surface area contributed by atoms with E-state index in [9.17, 15) is 9.90 Å². The minimum absolute atomic E-state index is 0.0923. The largest absolute Gasteiger partial charge is 0.508 e. The highest BCUT2D eigenvalue weighted by Crippen LogP contribution is 2.29. The van der Waals surface area contributed by atoms with Gasteiger partial charge in [-0.05, 0) is 48.2 Å². The number of carbonyl (C=O) groups excluding carboxylic acids is 1. The van der Waals surface area contributed by atoms with Crippen LogP contribution in [-0.2, 0) is 17.6 Å². The van der Waals surface area contributed by atoms with Crippen molar-refractivity contribution in [1.29, 1.82) is 0 Å². The number of methoxy groups -OCH3 is 2. The van der Waals surface area contributed by atoms with E-state index in [1.165, 1.54) is 5.56 Å². The molecule has 2 N–H and O–H groups in total. The number of carbonyl (C=O) groups is 1. The molecule has 0 aromatic heterocycles. The first-order chi connectivity index (χ1) is 12.6. The standard InChI is InChI=1S/C20H24N2O4/c1-25-17-5-6-19(26-2)18(12-17)21-20(24)13-22-9-7-14-3-4-16(23)11-15(14)8-10-22/h3-6,11-12,23H,7-10,13H2,1-2H3,(H,21,24). The number of anilines is 1. The fraction of sp³-hybridized carbons (Fsp3) is 0.350. The third-order valence-corrected chi connectivity index (χ3v) is 4.63. The molecule has 1 aliphatic rings. The van der Waals surface area contributed by atoms with Crippen LogP contribution < -0.4 is 14.8 Å². The van der Waals surface area contributed by atoms with E-state index in [0.717, 1.165) is 31.5 Å². The van der Waals surface area contributed by atoms with E-state index >= 15 is 0 Å². The molecule has 6 nitrogen and oxygen atoms in total. The Kier molecular flexibility index (Phi) is 5.63. The lowest BCUT2D eigenvalue weighted by Gasteiger charge is -2.19. The van der Waals surface area contributed by atoms with Gasteiger partial charge in [0.05, 0.1) is 26.5 Å². The van der Waals surface area contributed by atoms with Gasteiger partial charge < -0.3 is 19.9 Å². The fourth-order valence-electron chi connectivity index (χ4n) is 3.22. The van der Waals surface area contributed by atoms with E-state index in [-0.39, 0.29) is 5.91 Å². The minimum Gasteiger partial charge on any atom is -0.508 e. The van der Waals surface area contributed by atoms with Crippen LogP contribution in [0.2, 0.25) is 0 Å². The molecule has 138 valence electrons. The van der Waals surface area contributed by atoms with Crippen molar-refractivity contribution >= 4 is 11.6 Å². The highest BCUT2D eigenvalue weighted by Gasteiger charge is 2.18. The Labute approximate surface area is 153 Å². The molecule has 2 aromatic carbocycles. The van der Waals surface area contributed by atoms with Crippen molar-refractivity contribution in [2.75, 3.05) is 39.2 Å². The molecule has 3 rings (SSSR count). The van der Waals surface area contributed by atoms with Gasteiger partial charge in [-0.15, -0.1) is 0 Å². The number of hydrogen-bond acceptors (Lipinski definition) is 5. The molecule has 0 spiro atoms. The average molecular weight is 356 g/mol. The van der Waals surface area contributed by atoms with E-state index < -0.39 is 0 Å². The fourth-order valence-corrected chi connectivity index (χ4v) is 3.22. The first-order valence-electron chi connectivity index (χ1n) is 8.64. The van der Waals surface area contributed by atoms with Crippen molar-refractivity contribution in [3.63, 3.8) is 0 Å². The molecular weight excluding hydrogens is 332 g/mol. The van der Waals surface area contributed by atoms with E-state index in [1.54, 1.807) is 38.5 Å². The maximum atomic E-state index is 12.5. The summed E-state index contributed by atoms with van der Waals surface area (Å²) in [4.78, 5) is 14.6. The monoisotopic (exact) mass is 356 g/mol. The van der Waals surface area contributed by atoms with Crippen molar-refractivity contribution < 1.29 is 19.4 Å². The van der Waals surface area contributed by atoms with Crippen LogP contribution >= 0.6 is 0 Å². The highest BCUT2D eigenvalue weighted by atomic mass is 16.5. The van der Waals surface area contributed by atoms with Crippen molar-refractivity contribution in [3.05, 3.63) is 47.5 Å². The molecule has 0 fully saturated rings. The SMILES string of the molecule is COc1ccc(OC)c(NC(=O)CN2CCc3ccc(O)cc3CC2)c1. The number of ether oxygens (including phenoxy) is 2. The van der Waals surface area contributed by atoms with Gasteiger partial charge in [0.15, 0.2) is 0 Å². The molecule has 26 heavy (non-hydrogen) atoms. The number of fused-ring (bicyclic) bond motifs is 1. The predicted molar refractivity (Wildman–Crippen MR) is 100 cm³/mol. The van der Waals surface area contributed by atoms with Crippen LogP contribution in [0, 0.1) is 0 Å². The number of rotatable bonds is 5. The first kappa shape index (κ1) is 18.1. The normalized spacial score (nSPS) is 14.2. The predicted octanol–water partition coefficient (Wildman–Crippen LogP) is 2.45. The molecule has 0 bridgehead atoms. The number of benzene rings is 2. The van der Waals surface area contributed by atoms with Gasteiger partial charge in [0.2, 0.25) is 5.91 Å². The van der Waals surface area contributed by atoms with Crippen LogP contribution in [0.1, 0.15) is 11.1 Å². The Balaban J connectivity index is 1.62. The topological polar surface area (TPSA) is 71.0 Å². The van der Waals surface area contributed by atoms with Crippen LogP contribution in [0.25, 0.3) is 0 Å². The Morgan fingerprint density at radius 2 is 1.85 bits per heavy atom. The van der Waals surface area contributed by atoms with Gasteiger partial charge in [-0.1, -0.05) is 6.07 Å². The summed E-state index contributed by atoms with van der Waals surface area (Å²) < 4.78 is 10.5. The summed E-state index contributed by atoms with van der Waals surface area (Å²) in [5.41, 5.74) is 2.99. The number of nitrogens with one attached hydrogen (secondary N) is 1. The molecule has 1 amide bonds. The summed E-state index contributed by atoms with van der Waals surface area (Å²) in [7, 11) is 3.15. The molecule has 0 saturated carbocycles. The second-order valence-electron chi connectivity index (χ2n) is 6.34. The summed E-state index contributed by atoms with van der Waals surface area (Å²) in [5, 5.41) is 12.6. The third kappa shape index (κ3) is 4.26. The zero-order valence-electron chi connectivity index (χ0n) is 15.1. The van der Waals surface area contributed by atoms with Crippen LogP contribution in [0.5, 0.6) is 17.2 Å². The Bertz CT molecular complexity index is 791. The van der Waals surface area contributed by atoms with Gasteiger partial charge in [0, 0.05) is 19.2 Å². The summed E-state index contributed by atoms with van der Waals surface area (Å²) in [6.45, 7) is 1.89. The van der Waals surface area contributed by atoms with Gasteiger partial charge in [-0.25, -0.2) is 0 Å². The molecule has 0 aliphatic carbocycles. The zero-order valence-corrected chi connectivity index (χ0v) is 15.1. The first-order valence-corrected chi connectivity index (χ1v) is 8.64. The lowest BCUT2D eigenvalue weighted by atomic mass is 10.0. The van der Waals surface area contributed by atoms with Crippen molar-refractivity contribution in [2.45, 2.75) is 12.8 Å². The lowest BCUT2D eigenvalue weighted by molar-refractivity contribution is -0.117. The third-order valence-electron chi connectivity index (χ3n) is 4.63. The van der Waals surface area contributed by atoms with Crippen LogP contribution in [0.15, 0.2) is 36.4 Å². The molecular formula is C20H24N2O4. The molecule has 2 aromatic rings. The summed E-state index contributed by atoms with van der Waals surface area (Å²) in [5.74, 6) is 1.45. The maximum absolute atomic E-state index is 12.5. The summed E-state index contributed by atoms with van der Waals surface area (Å²) in [6, 6.07) is 10.8. The average Bonchev–Trinajstić information content (AvgIpc) is 2.83. The zero-order chi connectivity index (χ0) is 18.5. The molecule has 0 saturated heterocycles. The van der Waals surface area contributed by atoms with Gasteiger partial charge in [0.25, 0.3) is 0 Å². The van der Waals surface area contributed by atoms with Gasteiger partial charge in [-0.3, -0.25) is 9.69 Å². The summed E-state index contributed by atoms with van der Waals surface area (Å²) in [6.07, 6.45) is 1.69. The number of hydrogen-bond donors (Lipinski definition) is 2. The second kappa shape index (κ2) is 8.10. The van der Waals surface area contributed by atoms with Crippen LogP contribution in [0.4, 0.5) is 5.69 Å². The van der Waals surface area contributed by atoms with Crippen molar-refractivity contribution in [1.82, 2.24) is 4.90 Å². The number of amides is 1. The Morgan fingerprint density at radius 1 is 1.08 bits per heavy atom. The number of nitrogens with zero attached hydrogens (tertiary/aromatic N) is 1. The number of aromatic hydroxyl groups is 1. The van der Waals surface area contributed by atoms with Crippen molar-refractivity contribution in [3.8, 4) is 17.2 Å². The van der Waals surface area contributed by atoms with E-state index in [4.69, 9.17) is 9.47 Å². The van der Waals surface area contributed by atoms with Gasteiger partial charge in [-0.2, -0.15) is 0 Å². The van der Waals surface area contributed by atoms with Crippen LogP contribution in [-0.4, -0.2) is 49.8 Å². The molecule has 6 heteroatoms. The van der Waals surface area contributed by atoms with Gasteiger partial charge in [0.1, 0.15) is 17.2 Å². The number of phenolic OH excluding ortho intramolecular Hbond substituents is 1. The van der Waals surface area contributed by atoms with E-state index in [1.807, 2.05) is 12.1 Å². The van der Waals surface area contributed by atoms with Gasteiger partial charge >= 0.3 is 0 Å². The minimum atomic E-state index is -0.0923. The van der Waals surface area contributed by atoms with Crippen molar-refractivity contribution in [2.24, 2.45) is 0 Å². The Hall–Kier alpha value is -2.73. The molecule has 0 atom stereocenters. The lowest BCUT2D eigenvalue weighted by Crippen LogP contribution is -2.35. The Morgan fingerprint density at radius 3 is 2.58 bits per heavy atom. The molecule has 1 aliphatic heterocycles. The summed E-state index contributed by atoms with van der Waals surface area (Å²) >= 11 is 0. The molecule has 0 unspecified atom stereocenters. The highest BCUT2D eigenvalue weighted by molar-refractivity contribution is 5.94. The molecule has 0 radical (unpaired) electrons. The van der Waals surface area contributed by atoms with Crippen LogP contribution in [0.3, 0.4) is 0 Å². The van der Waals surface area contributed by atoms with E-state index in [0.29, 0.717) is 29.5 Å². The molecule has 1 heterocycles. The van der Waals surface area contributed by atoms with E-state index in [2.05, 4.69) is 10.2 Å². The maximum Gasteiger partial charge on any atom is 0.238 e. The number of phenols is 1. The second-order valence-corrected chi connectivity index (χ2v) is 6.34. The smallest absolute Gasteiger partial charge is 0.238 e.